The van der Waals surface area contributed by atoms with Gasteiger partial charge in [0, 0.05) is 53.2 Å². The minimum Gasteiger partial charge on any atom is -0.455 e. The van der Waals surface area contributed by atoms with Crippen molar-refractivity contribution in [2.24, 2.45) is 0 Å². The Morgan fingerprint density at radius 2 is 0.893 bits per heavy atom. The van der Waals surface area contributed by atoms with Crippen molar-refractivity contribution in [2.45, 2.75) is 0 Å². The summed E-state index contributed by atoms with van der Waals surface area (Å²) in [7, 11) is 0. The van der Waals surface area contributed by atoms with Gasteiger partial charge in [-0.1, -0.05) is 158 Å². The molecule has 11 rings (SSSR count). The number of furan rings is 1. The maximum atomic E-state index is 6.77. The zero-order chi connectivity index (χ0) is 37.0. The largest absolute Gasteiger partial charge is 0.455 e. The van der Waals surface area contributed by atoms with Gasteiger partial charge in [0.1, 0.15) is 11.2 Å². The van der Waals surface area contributed by atoms with E-state index in [9.17, 15) is 0 Å². The molecule has 8 aromatic carbocycles. The Labute approximate surface area is 327 Å². The van der Waals surface area contributed by atoms with E-state index in [2.05, 4.69) is 140 Å². The van der Waals surface area contributed by atoms with E-state index in [1.54, 1.807) is 0 Å². The molecule has 0 fully saturated rings. The summed E-state index contributed by atoms with van der Waals surface area (Å²) in [6.07, 6.45) is 0. The molecule has 262 valence electrons. The third kappa shape index (κ3) is 5.48. The quantitative estimate of drug-likeness (QED) is 0.171. The van der Waals surface area contributed by atoms with Gasteiger partial charge in [-0.25, -0.2) is 15.0 Å². The number of thiophene rings is 1. The second kappa shape index (κ2) is 13.3. The van der Waals surface area contributed by atoms with Crippen molar-refractivity contribution in [3.8, 4) is 67.5 Å². The van der Waals surface area contributed by atoms with Gasteiger partial charge in [0.2, 0.25) is 0 Å². The van der Waals surface area contributed by atoms with Gasteiger partial charge in [-0.3, -0.25) is 0 Å². The summed E-state index contributed by atoms with van der Waals surface area (Å²) in [4.78, 5) is 15.3. The van der Waals surface area contributed by atoms with Crippen LogP contribution in [0.3, 0.4) is 0 Å². The first-order valence-electron chi connectivity index (χ1n) is 18.7. The van der Waals surface area contributed by atoms with Crippen LogP contribution in [0.5, 0.6) is 0 Å². The summed E-state index contributed by atoms with van der Waals surface area (Å²) in [6, 6.07) is 65.6. The van der Waals surface area contributed by atoms with E-state index >= 15 is 0 Å². The summed E-state index contributed by atoms with van der Waals surface area (Å²) >= 11 is 1.85. The number of hydrogen-bond acceptors (Lipinski definition) is 5. The lowest BCUT2D eigenvalue weighted by molar-refractivity contribution is 0.670. The molecule has 0 unspecified atom stereocenters. The van der Waals surface area contributed by atoms with E-state index in [4.69, 9.17) is 19.4 Å². The van der Waals surface area contributed by atoms with E-state index in [1.807, 2.05) is 59.9 Å². The van der Waals surface area contributed by atoms with Gasteiger partial charge in [-0.15, -0.1) is 11.3 Å². The SMILES string of the molecule is c1ccc(-c2ccc(-c3nc(-c4ccccc4)nc(-c4ccc(-c5cccc(-c6cccc7c6sc6ccccc67)c5)c5oc6ccccc6c45)n3)cc2)cc1. The van der Waals surface area contributed by atoms with E-state index < -0.39 is 0 Å². The molecule has 56 heavy (non-hydrogen) atoms. The topological polar surface area (TPSA) is 51.8 Å². The molecule has 11 aromatic rings. The zero-order valence-electron chi connectivity index (χ0n) is 30.1. The van der Waals surface area contributed by atoms with Crippen LogP contribution in [0.15, 0.2) is 192 Å². The fourth-order valence-corrected chi connectivity index (χ4v) is 9.09. The first-order valence-corrected chi connectivity index (χ1v) is 19.5. The number of hydrogen-bond donors (Lipinski definition) is 0. The van der Waals surface area contributed by atoms with E-state index in [1.165, 1.54) is 31.3 Å². The van der Waals surface area contributed by atoms with Crippen molar-refractivity contribution in [1.82, 2.24) is 15.0 Å². The Kier molecular flexibility index (Phi) is 7.64. The lowest BCUT2D eigenvalue weighted by Gasteiger charge is -2.12. The van der Waals surface area contributed by atoms with Crippen LogP contribution in [-0.2, 0) is 0 Å². The molecule has 3 aromatic heterocycles. The van der Waals surface area contributed by atoms with Crippen LogP contribution >= 0.6 is 11.3 Å². The van der Waals surface area contributed by atoms with E-state index in [-0.39, 0.29) is 0 Å². The monoisotopic (exact) mass is 733 g/mol. The number of rotatable bonds is 6. The van der Waals surface area contributed by atoms with Gasteiger partial charge in [-0.2, -0.15) is 0 Å². The molecule has 0 aliphatic carbocycles. The second-order valence-electron chi connectivity index (χ2n) is 13.9. The Morgan fingerprint density at radius 1 is 0.357 bits per heavy atom. The number of para-hydroxylation sites is 1. The van der Waals surface area contributed by atoms with Crippen LogP contribution in [0.25, 0.3) is 110 Å². The van der Waals surface area contributed by atoms with Gasteiger partial charge < -0.3 is 4.42 Å². The van der Waals surface area contributed by atoms with Crippen LogP contribution in [0, 0.1) is 0 Å². The third-order valence-electron chi connectivity index (χ3n) is 10.6. The summed E-state index contributed by atoms with van der Waals surface area (Å²) < 4.78 is 9.37. The van der Waals surface area contributed by atoms with Crippen molar-refractivity contribution in [1.29, 1.82) is 0 Å². The number of benzene rings is 8. The molecule has 0 aliphatic heterocycles. The number of nitrogens with zero attached hydrogens (tertiary/aromatic N) is 3. The first kappa shape index (κ1) is 32.2. The first-order chi connectivity index (χ1) is 27.7. The van der Waals surface area contributed by atoms with Crippen molar-refractivity contribution >= 4 is 53.4 Å². The molecule has 0 atom stereocenters. The summed E-state index contributed by atoms with van der Waals surface area (Å²) in [5, 5.41) is 4.58. The maximum absolute atomic E-state index is 6.77. The molecule has 0 bridgehead atoms. The zero-order valence-corrected chi connectivity index (χ0v) is 30.9. The van der Waals surface area contributed by atoms with Gasteiger partial charge >= 0.3 is 0 Å². The highest BCUT2D eigenvalue weighted by molar-refractivity contribution is 7.26. The molecule has 4 nitrogen and oxygen atoms in total. The lowest BCUT2D eigenvalue weighted by Crippen LogP contribution is -2.00. The van der Waals surface area contributed by atoms with Crippen molar-refractivity contribution in [3.05, 3.63) is 188 Å². The summed E-state index contributed by atoms with van der Waals surface area (Å²) in [5.74, 6) is 1.82. The minimum atomic E-state index is 0.592. The Bertz CT molecular complexity index is 3240. The molecule has 0 saturated heterocycles. The highest BCUT2D eigenvalue weighted by Crippen LogP contribution is 2.44. The molecular formula is C51H31N3OS. The molecule has 0 saturated carbocycles. The fourth-order valence-electron chi connectivity index (χ4n) is 7.85. The molecule has 5 heteroatoms. The normalized spacial score (nSPS) is 11.6. The summed E-state index contributed by atoms with van der Waals surface area (Å²) in [5.41, 5.74) is 11.1. The molecule has 3 heterocycles. The molecule has 0 aliphatic rings. The highest BCUT2D eigenvalue weighted by Gasteiger charge is 2.21. The van der Waals surface area contributed by atoms with E-state index in [0.29, 0.717) is 17.5 Å². The molecular weight excluding hydrogens is 703 g/mol. The number of aromatic nitrogens is 3. The fraction of sp³-hybridized carbons (Fsp3) is 0. The van der Waals surface area contributed by atoms with Gasteiger partial charge in [0.25, 0.3) is 0 Å². The van der Waals surface area contributed by atoms with Crippen LogP contribution in [-0.4, -0.2) is 15.0 Å². The van der Waals surface area contributed by atoms with Crippen LogP contribution in [0.2, 0.25) is 0 Å². The third-order valence-corrected chi connectivity index (χ3v) is 11.8. The van der Waals surface area contributed by atoms with Crippen LogP contribution in [0.1, 0.15) is 0 Å². The second-order valence-corrected chi connectivity index (χ2v) is 15.0. The van der Waals surface area contributed by atoms with Gasteiger partial charge in [0.15, 0.2) is 17.5 Å². The average molecular weight is 734 g/mol. The van der Waals surface area contributed by atoms with Crippen LogP contribution in [0.4, 0.5) is 0 Å². The predicted octanol–water partition coefficient (Wildman–Crippen LogP) is 14.1. The number of fused-ring (bicyclic) bond motifs is 6. The maximum Gasteiger partial charge on any atom is 0.164 e. The van der Waals surface area contributed by atoms with Crippen LogP contribution < -0.4 is 0 Å². The van der Waals surface area contributed by atoms with Crippen molar-refractivity contribution in [2.75, 3.05) is 0 Å². The predicted molar refractivity (Wildman–Crippen MR) is 233 cm³/mol. The Balaban J connectivity index is 1.08. The van der Waals surface area contributed by atoms with Gasteiger partial charge in [-0.05, 0) is 58.1 Å². The van der Waals surface area contributed by atoms with Crippen molar-refractivity contribution in [3.63, 3.8) is 0 Å². The summed E-state index contributed by atoms with van der Waals surface area (Å²) in [6.45, 7) is 0. The smallest absolute Gasteiger partial charge is 0.164 e. The molecule has 0 radical (unpaired) electrons. The lowest BCUT2D eigenvalue weighted by atomic mass is 9.95. The standard InChI is InChI=1S/C51H31N3OS/c1-3-13-32(14-4-1)33-25-27-35(28-26-33)50-52-49(34-15-5-2-6-16-34)53-51(54-50)43-30-29-38(47-46(43)42-20-7-9-23-44(42)55-47)36-17-11-18-37(31-36)39-21-12-22-41-40-19-8-10-24-45(40)56-48(39)41/h1-31H. The van der Waals surface area contributed by atoms with Gasteiger partial charge in [0.05, 0.1) is 0 Å². The molecule has 0 amide bonds. The average Bonchev–Trinajstić information content (AvgIpc) is 3.86. The Morgan fingerprint density at radius 3 is 1.68 bits per heavy atom. The highest BCUT2D eigenvalue weighted by atomic mass is 32.1. The Hall–Kier alpha value is -7.21. The van der Waals surface area contributed by atoms with E-state index in [0.717, 1.165) is 60.9 Å². The minimum absolute atomic E-state index is 0.592. The van der Waals surface area contributed by atoms with Crippen molar-refractivity contribution < 1.29 is 4.42 Å². The molecule has 0 N–H and O–H groups in total. The molecule has 0 spiro atoms.